The summed E-state index contributed by atoms with van der Waals surface area (Å²) in [4.78, 5) is 38.3. The number of carbonyl (C=O) groups is 3. The number of fused-ring (bicyclic) bond motifs is 1. The number of nitrogens with zero attached hydrogens (tertiary/aromatic N) is 1. The van der Waals surface area contributed by atoms with Gasteiger partial charge in [-0.15, -0.1) is 0 Å². The molecule has 1 atom stereocenters. The maximum atomic E-state index is 12.9. The number of imide groups is 1. The predicted octanol–water partition coefficient (Wildman–Crippen LogP) is -1.13. The Bertz CT molecular complexity index is 1810. The van der Waals surface area contributed by atoms with Gasteiger partial charge in [0, 0.05) is 0 Å². The van der Waals surface area contributed by atoms with Crippen LogP contribution in [0.4, 0.5) is 0 Å². The Morgan fingerprint density at radius 1 is 0.938 bits per heavy atom. The number of aromatic hydroxyl groups is 1. The fourth-order valence-electron chi connectivity index (χ4n) is 5.97. The number of hydrogen-bond donors (Lipinski definition) is 4. The Kier molecular flexibility index (Phi) is 11.4. The Hall–Kier alpha value is -3.79. The Balaban J connectivity index is 0.981. The molecule has 0 aliphatic carbocycles. The molecule has 4 N–H and O–H groups in total. The van der Waals surface area contributed by atoms with Gasteiger partial charge < -0.3 is 5.11 Å². The number of ether oxygens (including phenoxy) is 1. The van der Waals surface area contributed by atoms with E-state index in [4.69, 9.17) is 4.74 Å². The number of phenolic OH excluding ortho intramolecular Hbond substituents is 1. The molecule has 2 aliphatic rings. The second-order valence-electron chi connectivity index (χ2n) is 11.3. The fraction of sp³-hybridized carbons (Fsp3) is 0.216. The molecule has 4 aromatic carbocycles. The number of halogens is 2. The number of benzene rings is 4. The van der Waals surface area contributed by atoms with Crippen molar-refractivity contribution >= 4 is 28.9 Å². The first kappa shape index (κ1) is 34.1. The van der Waals surface area contributed by atoms with Gasteiger partial charge in [0.25, 0.3) is 0 Å². The molecular weight excluding hydrogens is 834 g/mol. The summed E-state index contributed by atoms with van der Waals surface area (Å²) in [5.41, 5.74) is 7.26. The smallest absolute Gasteiger partial charge is 0.0622 e. The first-order valence-corrected chi connectivity index (χ1v) is 20.1. The Morgan fingerprint density at radius 2 is 1.67 bits per heavy atom. The first-order valence-electron chi connectivity index (χ1n) is 15.7. The van der Waals surface area contributed by atoms with Crippen molar-refractivity contribution in [1.29, 1.82) is 0 Å². The first-order chi connectivity index (χ1) is 23.4. The van der Waals surface area contributed by atoms with Gasteiger partial charge in [0.15, 0.2) is 0 Å². The molecule has 1 saturated heterocycles. The zero-order valence-corrected chi connectivity index (χ0v) is 30.7. The van der Waals surface area contributed by atoms with Crippen molar-refractivity contribution < 1.29 is 67.5 Å². The SMILES string of the molecule is CC/C(=C(\c1ccc(O)cc1)c1ccc(OCCN[I-]N[I-]c2ccc3c(c2)CN(C2CCC(=O)NC2=O)C3=O)cc1)c1ccccc1. The van der Waals surface area contributed by atoms with Crippen molar-refractivity contribution in [1.82, 2.24) is 15.5 Å². The molecule has 250 valence electrons. The van der Waals surface area contributed by atoms with E-state index in [9.17, 15) is 19.5 Å². The average molecular weight is 871 g/mol. The van der Waals surface area contributed by atoms with E-state index in [-0.39, 0.29) is 29.9 Å². The van der Waals surface area contributed by atoms with Crippen LogP contribution < -0.4 is 58.6 Å². The molecule has 0 radical (unpaired) electrons. The van der Waals surface area contributed by atoms with Crippen molar-refractivity contribution in [3.63, 3.8) is 0 Å². The number of carbonyl (C=O) groups excluding carboxylic acids is 3. The van der Waals surface area contributed by atoms with E-state index < -0.39 is 49.3 Å². The van der Waals surface area contributed by atoms with Gasteiger partial charge in [-0.05, 0) is 0 Å². The molecule has 9 nitrogen and oxygen atoms in total. The monoisotopic (exact) mass is 870 g/mol. The van der Waals surface area contributed by atoms with E-state index in [1.54, 1.807) is 17.0 Å². The molecule has 0 spiro atoms. The standard InChI is InChI=1S/C37H36I2N4O5/c1-2-31(24-6-4-3-5-7-24)35(25-8-13-29(44)14-9-25)26-10-15-30(16-11-26)48-21-20-40-39-42-38-28-12-17-32-27(22-28)23-43(37(32)47)33-18-19-34(45)41-36(33)46/h3-17,22,33,40,42,44H,2,18-21,23H2,1H3,(H,41,45,46)/q-2/b35-31-. The minimum atomic E-state index is -0.595. The molecule has 4 aromatic rings. The van der Waals surface area contributed by atoms with Gasteiger partial charge in [-0.1, -0.05) is 18.2 Å². The second-order valence-corrected chi connectivity index (χ2v) is 17.6. The van der Waals surface area contributed by atoms with Crippen LogP contribution in [0.3, 0.4) is 0 Å². The molecule has 48 heavy (non-hydrogen) atoms. The summed E-state index contributed by atoms with van der Waals surface area (Å²) < 4.78 is 14.3. The molecule has 6 rings (SSSR count). The van der Waals surface area contributed by atoms with E-state index in [0.717, 1.165) is 41.0 Å². The van der Waals surface area contributed by atoms with Crippen LogP contribution in [0, 0.1) is 3.57 Å². The third-order valence-corrected chi connectivity index (χ3v) is 13.6. The summed E-state index contributed by atoms with van der Waals surface area (Å²) in [6.07, 6.45) is 1.48. The van der Waals surface area contributed by atoms with Crippen LogP contribution in [0.2, 0.25) is 0 Å². The summed E-state index contributed by atoms with van der Waals surface area (Å²) in [6, 6.07) is 31.3. The van der Waals surface area contributed by atoms with Crippen molar-refractivity contribution in [2.24, 2.45) is 0 Å². The number of amides is 3. The predicted molar refractivity (Wildman–Crippen MR) is 175 cm³/mol. The molecule has 2 heterocycles. The number of phenols is 1. The molecule has 1 fully saturated rings. The van der Waals surface area contributed by atoms with Gasteiger partial charge in [-0.25, -0.2) is 0 Å². The Labute approximate surface area is 301 Å². The van der Waals surface area contributed by atoms with Gasteiger partial charge in [-0.2, -0.15) is 0 Å². The van der Waals surface area contributed by atoms with Crippen LogP contribution >= 0.6 is 0 Å². The number of nitrogens with one attached hydrogen (secondary N) is 3. The van der Waals surface area contributed by atoms with Crippen molar-refractivity contribution in [3.8, 4) is 11.5 Å². The zero-order valence-electron chi connectivity index (χ0n) is 26.3. The van der Waals surface area contributed by atoms with Crippen LogP contribution in [0.15, 0.2) is 97.1 Å². The van der Waals surface area contributed by atoms with Gasteiger partial charge in [0.1, 0.15) is 5.75 Å². The number of piperidine rings is 1. The fourth-order valence-corrected chi connectivity index (χ4v) is 11.1. The number of rotatable bonds is 13. The maximum absolute atomic E-state index is 12.9. The third-order valence-electron chi connectivity index (χ3n) is 8.27. The van der Waals surface area contributed by atoms with E-state index in [0.29, 0.717) is 25.1 Å². The topological polar surface area (TPSA) is 120 Å². The summed E-state index contributed by atoms with van der Waals surface area (Å²) in [6.45, 7) is 3.82. The van der Waals surface area contributed by atoms with Crippen LogP contribution in [0.1, 0.15) is 58.8 Å². The molecular formula is C37H36I2N4O5-2. The van der Waals surface area contributed by atoms with E-state index >= 15 is 0 Å². The van der Waals surface area contributed by atoms with E-state index in [1.165, 1.54) is 14.7 Å². The van der Waals surface area contributed by atoms with Crippen LogP contribution in [-0.2, 0) is 16.1 Å². The van der Waals surface area contributed by atoms with E-state index in [2.05, 4.69) is 60.0 Å². The normalized spacial score (nSPS) is 16.6. The summed E-state index contributed by atoms with van der Waals surface area (Å²) in [5, 5.41) is 12.2. The molecule has 0 saturated carbocycles. The number of allylic oxidation sites excluding steroid dienone is 1. The molecule has 11 heteroatoms. The van der Waals surface area contributed by atoms with Crippen molar-refractivity contribution in [3.05, 3.63) is 128 Å². The minimum Gasteiger partial charge on any atom is -0.0622 e. The van der Waals surface area contributed by atoms with Crippen LogP contribution in [0.5, 0.6) is 11.5 Å². The average Bonchev–Trinajstić information content (AvgIpc) is 3.43. The van der Waals surface area contributed by atoms with Gasteiger partial charge in [0.2, 0.25) is 0 Å². The molecule has 0 bridgehead atoms. The van der Waals surface area contributed by atoms with Crippen molar-refractivity contribution in [2.75, 3.05) is 13.2 Å². The zero-order chi connectivity index (χ0) is 33.5. The molecule has 3 amide bonds. The number of hydrogen-bond acceptors (Lipinski definition) is 7. The van der Waals surface area contributed by atoms with Crippen molar-refractivity contribution in [2.45, 2.75) is 38.8 Å². The minimum absolute atomic E-state index is 0.145. The summed E-state index contributed by atoms with van der Waals surface area (Å²) in [5.74, 6) is 0.234. The Morgan fingerprint density at radius 3 is 2.38 bits per heavy atom. The van der Waals surface area contributed by atoms with E-state index in [1.807, 2.05) is 42.5 Å². The molecule has 1 unspecified atom stereocenters. The van der Waals surface area contributed by atoms with Crippen LogP contribution in [0.25, 0.3) is 11.1 Å². The molecule has 2 aliphatic heterocycles. The second kappa shape index (κ2) is 16.1. The van der Waals surface area contributed by atoms with Gasteiger partial charge in [-0.3, -0.25) is 0 Å². The van der Waals surface area contributed by atoms with Gasteiger partial charge in [0.05, 0.1) is 0 Å². The molecule has 0 aromatic heterocycles. The van der Waals surface area contributed by atoms with Crippen LogP contribution in [-0.4, -0.2) is 46.9 Å². The third kappa shape index (κ3) is 8.08. The van der Waals surface area contributed by atoms with Gasteiger partial charge >= 0.3 is 275 Å². The summed E-state index contributed by atoms with van der Waals surface area (Å²) >= 11 is -0.862. The summed E-state index contributed by atoms with van der Waals surface area (Å²) in [7, 11) is 0. The quantitative estimate of drug-likeness (QED) is 0.0442.